The molecule has 0 saturated heterocycles. The quantitative estimate of drug-likeness (QED) is 0.846. The largest absolute Gasteiger partial charge is 0.497 e. The molecule has 1 amide bonds. The smallest absolute Gasteiger partial charge is 0.242 e. The highest BCUT2D eigenvalue weighted by molar-refractivity contribution is 5.85. The van der Waals surface area contributed by atoms with E-state index in [1.165, 1.54) is 0 Å². The van der Waals surface area contributed by atoms with Crippen molar-refractivity contribution in [3.05, 3.63) is 18.2 Å². The summed E-state index contributed by atoms with van der Waals surface area (Å²) >= 11 is 0. The van der Waals surface area contributed by atoms with Crippen LogP contribution < -0.4 is 15.8 Å². The van der Waals surface area contributed by atoms with Crippen LogP contribution in [0.1, 0.15) is 13.0 Å². The number of anilines is 1. The van der Waals surface area contributed by atoms with Crippen LogP contribution in [0.4, 0.5) is 5.95 Å². The van der Waals surface area contributed by atoms with E-state index in [-0.39, 0.29) is 5.91 Å². The number of amides is 1. The Labute approximate surface area is 105 Å². The molecular weight excluding hydrogens is 232 g/mol. The topological polar surface area (TPSA) is 82.2 Å². The Hall–Kier alpha value is -2.24. The van der Waals surface area contributed by atoms with Crippen molar-refractivity contribution in [2.75, 3.05) is 19.9 Å². The van der Waals surface area contributed by atoms with Crippen LogP contribution in [0, 0.1) is 0 Å². The highest BCUT2D eigenvalue weighted by Crippen LogP contribution is 2.26. The van der Waals surface area contributed by atoms with Crippen LogP contribution in [-0.2, 0) is 4.79 Å². The van der Waals surface area contributed by atoms with Crippen LogP contribution in [0.2, 0.25) is 0 Å². The fourth-order valence-electron chi connectivity index (χ4n) is 1.96. The Balaban J connectivity index is 2.57. The molecule has 0 spiro atoms. The molecule has 0 radical (unpaired) electrons. The Morgan fingerprint density at radius 3 is 2.89 bits per heavy atom. The number of nitrogens with zero attached hydrogens (tertiary/aromatic N) is 2. The maximum atomic E-state index is 11.7. The molecule has 6 nitrogen and oxygen atoms in total. The molecule has 0 aliphatic carbocycles. The standard InChI is InChI=1S/C12H16N4O2/c1-7(11(17)14-2)16-10-5-4-8(18-3)6-9(10)15-12(16)13/h4-7H,1-3H3,(H2,13,15)(H,14,17). The van der Waals surface area contributed by atoms with E-state index in [4.69, 9.17) is 10.5 Å². The third-order valence-electron chi connectivity index (χ3n) is 2.94. The Bertz CT molecular complexity index is 591. The van der Waals surface area contributed by atoms with Crippen LogP contribution >= 0.6 is 0 Å². The second-order valence-corrected chi connectivity index (χ2v) is 3.98. The lowest BCUT2D eigenvalue weighted by Gasteiger charge is -2.14. The molecule has 96 valence electrons. The number of ether oxygens (including phenoxy) is 1. The Kier molecular flexibility index (Phi) is 3.10. The van der Waals surface area contributed by atoms with Gasteiger partial charge in [-0.25, -0.2) is 4.98 Å². The van der Waals surface area contributed by atoms with Gasteiger partial charge in [0.05, 0.1) is 18.1 Å². The van der Waals surface area contributed by atoms with Crippen molar-refractivity contribution in [2.24, 2.45) is 0 Å². The predicted octanol–water partition coefficient (Wildman–Crippen LogP) is 0.934. The van der Waals surface area contributed by atoms with Crippen molar-refractivity contribution in [3.63, 3.8) is 0 Å². The zero-order valence-corrected chi connectivity index (χ0v) is 10.6. The minimum Gasteiger partial charge on any atom is -0.497 e. The lowest BCUT2D eigenvalue weighted by atomic mass is 10.2. The van der Waals surface area contributed by atoms with E-state index >= 15 is 0 Å². The third kappa shape index (κ3) is 1.85. The molecule has 0 fully saturated rings. The number of likely N-dealkylation sites (N-methyl/N-ethyl adjacent to an activating group) is 1. The molecule has 2 aromatic rings. The van der Waals surface area contributed by atoms with E-state index < -0.39 is 6.04 Å². The third-order valence-corrected chi connectivity index (χ3v) is 2.94. The summed E-state index contributed by atoms with van der Waals surface area (Å²) < 4.78 is 6.83. The molecule has 0 saturated carbocycles. The zero-order chi connectivity index (χ0) is 13.3. The van der Waals surface area contributed by atoms with Crippen molar-refractivity contribution >= 4 is 22.9 Å². The SMILES string of the molecule is CNC(=O)C(C)n1c(N)nc2cc(OC)ccc21. The number of methoxy groups -OCH3 is 1. The number of nitrogens with two attached hydrogens (primary N) is 1. The summed E-state index contributed by atoms with van der Waals surface area (Å²) in [4.78, 5) is 15.9. The summed E-state index contributed by atoms with van der Waals surface area (Å²) in [5.41, 5.74) is 7.39. The van der Waals surface area contributed by atoms with Gasteiger partial charge in [-0.15, -0.1) is 0 Å². The van der Waals surface area contributed by atoms with Crippen LogP contribution in [0.25, 0.3) is 11.0 Å². The number of hydrogen-bond donors (Lipinski definition) is 2. The van der Waals surface area contributed by atoms with Gasteiger partial charge in [-0.05, 0) is 19.1 Å². The maximum Gasteiger partial charge on any atom is 0.242 e. The average molecular weight is 248 g/mol. The molecule has 3 N–H and O–H groups in total. The van der Waals surface area contributed by atoms with Crippen molar-refractivity contribution in [2.45, 2.75) is 13.0 Å². The summed E-state index contributed by atoms with van der Waals surface area (Å²) in [6.07, 6.45) is 0. The van der Waals surface area contributed by atoms with Gasteiger partial charge < -0.3 is 15.8 Å². The van der Waals surface area contributed by atoms with Gasteiger partial charge in [0.1, 0.15) is 11.8 Å². The maximum absolute atomic E-state index is 11.7. The van der Waals surface area contributed by atoms with E-state index in [1.807, 2.05) is 12.1 Å². The number of imidazole rings is 1. The van der Waals surface area contributed by atoms with Crippen molar-refractivity contribution in [1.29, 1.82) is 0 Å². The Morgan fingerprint density at radius 1 is 1.56 bits per heavy atom. The van der Waals surface area contributed by atoms with Crippen molar-refractivity contribution < 1.29 is 9.53 Å². The van der Waals surface area contributed by atoms with Crippen LogP contribution in [0.3, 0.4) is 0 Å². The summed E-state index contributed by atoms with van der Waals surface area (Å²) in [7, 11) is 3.19. The molecule has 1 aromatic heterocycles. The first-order chi connectivity index (χ1) is 8.58. The first kappa shape index (κ1) is 12.2. The summed E-state index contributed by atoms with van der Waals surface area (Å²) in [5.74, 6) is 0.908. The number of aromatic nitrogens is 2. The highest BCUT2D eigenvalue weighted by Gasteiger charge is 2.19. The first-order valence-corrected chi connectivity index (χ1v) is 5.61. The summed E-state index contributed by atoms with van der Waals surface area (Å²) in [5, 5.41) is 2.60. The van der Waals surface area contributed by atoms with Gasteiger partial charge in [-0.2, -0.15) is 0 Å². The number of hydrogen-bond acceptors (Lipinski definition) is 4. The zero-order valence-electron chi connectivity index (χ0n) is 10.6. The number of rotatable bonds is 3. The molecule has 1 unspecified atom stereocenters. The molecule has 1 heterocycles. The number of fused-ring (bicyclic) bond motifs is 1. The van der Waals surface area contributed by atoms with Gasteiger partial charge >= 0.3 is 0 Å². The lowest BCUT2D eigenvalue weighted by Crippen LogP contribution is -2.28. The van der Waals surface area contributed by atoms with Gasteiger partial charge in [0.2, 0.25) is 11.9 Å². The number of nitrogens with one attached hydrogen (secondary N) is 1. The molecule has 0 aliphatic heterocycles. The molecule has 1 aromatic carbocycles. The van der Waals surface area contributed by atoms with E-state index in [9.17, 15) is 4.79 Å². The number of carbonyl (C=O) groups is 1. The van der Waals surface area contributed by atoms with E-state index in [1.54, 1.807) is 31.7 Å². The normalized spacial score (nSPS) is 12.4. The molecule has 0 aliphatic rings. The van der Waals surface area contributed by atoms with E-state index in [2.05, 4.69) is 10.3 Å². The molecule has 18 heavy (non-hydrogen) atoms. The van der Waals surface area contributed by atoms with E-state index in [0.29, 0.717) is 17.2 Å². The van der Waals surface area contributed by atoms with E-state index in [0.717, 1.165) is 5.52 Å². The van der Waals surface area contributed by atoms with Crippen LogP contribution in [0.5, 0.6) is 5.75 Å². The monoisotopic (exact) mass is 248 g/mol. The molecule has 6 heteroatoms. The summed E-state index contributed by atoms with van der Waals surface area (Å²) in [6.45, 7) is 1.78. The lowest BCUT2D eigenvalue weighted by molar-refractivity contribution is -0.123. The van der Waals surface area contributed by atoms with Crippen LogP contribution in [-0.4, -0.2) is 29.6 Å². The summed E-state index contributed by atoms with van der Waals surface area (Å²) in [6, 6.07) is 5.04. The second-order valence-electron chi connectivity index (χ2n) is 3.98. The van der Waals surface area contributed by atoms with Crippen molar-refractivity contribution in [3.8, 4) is 5.75 Å². The predicted molar refractivity (Wildman–Crippen MR) is 69.5 cm³/mol. The number of nitrogen functional groups attached to an aromatic ring is 1. The fraction of sp³-hybridized carbons (Fsp3) is 0.333. The molecule has 1 atom stereocenters. The Morgan fingerprint density at radius 2 is 2.28 bits per heavy atom. The molecular formula is C12H16N4O2. The van der Waals surface area contributed by atoms with Gasteiger partial charge in [-0.1, -0.05) is 0 Å². The molecule has 0 bridgehead atoms. The minimum atomic E-state index is -0.409. The van der Waals surface area contributed by atoms with Crippen LogP contribution in [0.15, 0.2) is 18.2 Å². The minimum absolute atomic E-state index is 0.114. The van der Waals surface area contributed by atoms with Gasteiger partial charge in [0.15, 0.2) is 0 Å². The van der Waals surface area contributed by atoms with Gasteiger partial charge in [-0.3, -0.25) is 9.36 Å². The second kappa shape index (κ2) is 4.56. The van der Waals surface area contributed by atoms with Gasteiger partial charge in [0.25, 0.3) is 0 Å². The number of benzene rings is 1. The van der Waals surface area contributed by atoms with Gasteiger partial charge in [0, 0.05) is 13.1 Å². The number of carbonyl (C=O) groups excluding carboxylic acids is 1. The van der Waals surface area contributed by atoms with Crippen molar-refractivity contribution in [1.82, 2.24) is 14.9 Å². The molecule has 2 rings (SSSR count). The average Bonchev–Trinajstić information content (AvgIpc) is 2.71. The first-order valence-electron chi connectivity index (χ1n) is 5.61. The highest BCUT2D eigenvalue weighted by atomic mass is 16.5. The fourth-order valence-corrected chi connectivity index (χ4v) is 1.96.